The number of anilines is 1. The average Bonchev–Trinajstić information content (AvgIpc) is 3.01. The maximum Gasteiger partial charge on any atom is 0.177 e. The van der Waals surface area contributed by atoms with Gasteiger partial charge in [0.15, 0.2) is 23.0 Å². The van der Waals surface area contributed by atoms with Gasteiger partial charge in [-0.2, -0.15) is 5.10 Å². The van der Waals surface area contributed by atoms with Crippen molar-refractivity contribution in [3.05, 3.63) is 41.2 Å². The first-order valence-corrected chi connectivity index (χ1v) is 9.06. The van der Waals surface area contributed by atoms with Gasteiger partial charge >= 0.3 is 0 Å². The lowest BCUT2D eigenvalue weighted by Crippen LogP contribution is -2.26. The van der Waals surface area contributed by atoms with Crippen LogP contribution in [0.3, 0.4) is 0 Å². The molecule has 4 heterocycles. The van der Waals surface area contributed by atoms with Crippen molar-refractivity contribution in [3.8, 4) is 5.75 Å². The molecule has 4 rings (SSSR count). The topological polar surface area (TPSA) is 77.2 Å². The zero-order valence-electron chi connectivity index (χ0n) is 13.5. The Morgan fingerprint density at radius 2 is 2.17 bits per heavy atom. The van der Waals surface area contributed by atoms with Gasteiger partial charge in [0.1, 0.15) is 10.7 Å². The van der Waals surface area contributed by atoms with E-state index < -0.39 is 0 Å². The van der Waals surface area contributed by atoms with Gasteiger partial charge in [-0.05, 0) is 32.4 Å². The molecule has 3 aromatic heterocycles. The minimum absolute atomic E-state index is 0.247. The fraction of sp³-hybridized carbons (Fsp3) is 0.375. The largest absolute Gasteiger partial charge is 0.487 e. The van der Waals surface area contributed by atoms with Gasteiger partial charge in [0, 0.05) is 18.3 Å². The van der Waals surface area contributed by atoms with Gasteiger partial charge in [-0.1, -0.05) is 22.6 Å². The van der Waals surface area contributed by atoms with Crippen LogP contribution in [-0.4, -0.2) is 35.2 Å². The number of fused-ring (bicyclic) bond motifs is 2. The highest BCUT2D eigenvalue weighted by molar-refractivity contribution is 14.1. The molecular formula is C16H17IN6O. The minimum atomic E-state index is 0.247. The second-order valence-corrected chi connectivity index (χ2v) is 7.32. The zero-order valence-corrected chi connectivity index (χ0v) is 15.6. The fourth-order valence-corrected chi connectivity index (χ4v) is 3.16. The van der Waals surface area contributed by atoms with Gasteiger partial charge in [-0.25, -0.2) is 14.5 Å². The standard InChI is InChI=1S/C16H17IN6O/c1-9-7-18-10(2)16-21-14(22-23(9)16)6-4-11-3-5-12-15(19-11)20-13(17)8-24-12/h3,5,7,13H,4,6,8H2,1-2H3,(H,19,20). The van der Waals surface area contributed by atoms with Crippen molar-refractivity contribution in [3.63, 3.8) is 0 Å². The molecule has 0 amide bonds. The van der Waals surface area contributed by atoms with Crippen LogP contribution in [0, 0.1) is 13.8 Å². The van der Waals surface area contributed by atoms with E-state index >= 15 is 0 Å². The Labute approximate surface area is 153 Å². The molecular weight excluding hydrogens is 419 g/mol. The normalized spacial score (nSPS) is 16.5. The Kier molecular flexibility index (Phi) is 3.99. The third-order valence-electron chi connectivity index (χ3n) is 3.95. The summed E-state index contributed by atoms with van der Waals surface area (Å²) in [7, 11) is 0. The summed E-state index contributed by atoms with van der Waals surface area (Å²) in [4.78, 5) is 13.6. The zero-order chi connectivity index (χ0) is 16.7. The first-order valence-electron chi connectivity index (χ1n) is 7.81. The van der Waals surface area contributed by atoms with E-state index in [0.717, 1.165) is 53.0 Å². The lowest BCUT2D eigenvalue weighted by Gasteiger charge is -2.22. The van der Waals surface area contributed by atoms with Gasteiger partial charge < -0.3 is 10.1 Å². The van der Waals surface area contributed by atoms with Crippen molar-refractivity contribution in [1.82, 2.24) is 24.6 Å². The Balaban J connectivity index is 1.54. The van der Waals surface area contributed by atoms with E-state index in [-0.39, 0.29) is 4.05 Å². The highest BCUT2D eigenvalue weighted by atomic mass is 127. The summed E-state index contributed by atoms with van der Waals surface area (Å²) in [6.45, 7) is 4.59. The van der Waals surface area contributed by atoms with Gasteiger partial charge in [0.25, 0.3) is 0 Å². The summed E-state index contributed by atoms with van der Waals surface area (Å²) in [5.74, 6) is 2.44. The SMILES string of the molecule is Cc1ncc(C)n2nc(CCc3ccc4c(n3)NC(I)CO4)nc12. The van der Waals surface area contributed by atoms with Crippen LogP contribution in [0.25, 0.3) is 5.65 Å². The molecule has 1 unspecified atom stereocenters. The molecule has 0 bridgehead atoms. The molecule has 24 heavy (non-hydrogen) atoms. The van der Waals surface area contributed by atoms with Crippen molar-refractivity contribution < 1.29 is 4.74 Å². The van der Waals surface area contributed by atoms with Crippen LogP contribution in [0.1, 0.15) is 22.9 Å². The summed E-state index contributed by atoms with van der Waals surface area (Å²) < 4.78 is 7.75. The van der Waals surface area contributed by atoms with E-state index in [1.165, 1.54) is 0 Å². The van der Waals surface area contributed by atoms with Crippen LogP contribution < -0.4 is 10.1 Å². The molecule has 0 saturated heterocycles. The number of hydrogen-bond donors (Lipinski definition) is 1. The van der Waals surface area contributed by atoms with Crippen LogP contribution in [0.2, 0.25) is 0 Å². The van der Waals surface area contributed by atoms with E-state index in [0.29, 0.717) is 6.61 Å². The van der Waals surface area contributed by atoms with Crippen molar-refractivity contribution in [2.75, 3.05) is 11.9 Å². The molecule has 1 aliphatic rings. The maximum atomic E-state index is 5.65. The number of nitrogens with zero attached hydrogens (tertiary/aromatic N) is 5. The van der Waals surface area contributed by atoms with Crippen LogP contribution in [0.5, 0.6) is 5.75 Å². The lowest BCUT2D eigenvalue weighted by atomic mass is 10.2. The van der Waals surface area contributed by atoms with Crippen molar-refractivity contribution >= 4 is 34.1 Å². The van der Waals surface area contributed by atoms with Crippen LogP contribution in [0.15, 0.2) is 18.3 Å². The number of nitrogens with one attached hydrogen (secondary N) is 1. The number of pyridine rings is 1. The first-order chi connectivity index (χ1) is 11.6. The molecule has 1 aliphatic heterocycles. The summed E-state index contributed by atoms with van der Waals surface area (Å²) in [6, 6.07) is 3.98. The van der Waals surface area contributed by atoms with Crippen LogP contribution in [0.4, 0.5) is 5.82 Å². The van der Waals surface area contributed by atoms with E-state index in [1.54, 1.807) is 0 Å². The molecule has 0 spiro atoms. The summed E-state index contributed by atoms with van der Waals surface area (Å²) in [5.41, 5.74) is 3.70. The molecule has 8 heteroatoms. The monoisotopic (exact) mass is 436 g/mol. The Bertz CT molecular complexity index is 870. The molecule has 0 saturated carbocycles. The van der Waals surface area contributed by atoms with E-state index in [2.05, 4.69) is 48.0 Å². The van der Waals surface area contributed by atoms with Gasteiger partial charge in [0.2, 0.25) is 0 Å². The third kappa shape index (κ3) is 2.90. The van der Waals surface area contributed by atoms with E-state index in [1.807, 2.05) is 36.7 Å². The first kappa shape index (κ1) is 15.6. The van der Waals surface area contributed by atoms with Gasteiger partial charge in [-0.3, -0.25) is 4.98 Å². The number of hydrogen-bond acceptors (Lipinski definition) is 6. The van der Waals surface area contributed by atoms with Crippen LogP contribution >= 0.6 is 22.6 Å². The summed E-state index contributed by atoms with van der Waals surface area (Å²) in [5, 5.41) is 7.93. The Hall–Kier alpha value is -1.97. The molecule has 1 N–H and O–H groups in total. The number of aromatic nitrogens is 5. The number of ether oxygens (including phenoxy) is 1. The highest BCUT2D eigenvalue weighted by Gasteiger charge is 2.18. The number of aryl methyl sites for hydroxylation is 4. The predicted octanol–water partition coefficient (Wildman–Crippen LogP) is 2.49. The van der Waals surface area contributed by atoms with Crippen molar-refractivity contribution in [2.24, 2.45) is 0 Å². The van der Waals surface area contributed by atoms with Gasteiger partial charge in [-0.15, -0.1) is 0 Å². The average molecular weight is 436 g/mol. The number of rotatable bonds is 3. The molecule has 7 nitrogen and oxygen atoms in total. The number of halogens is 1. The highest BCUT2D eigenvalue weighted by Crippen LogP contribution is 2.28. The molecule has 0 fully saturated rings. The predicted molar refractivity (Wildman–Crippen MR) is 98.8 cm³/mol. The molecule has 0 aromatic carbocycles. The van der Waals surface area contributed by atoms with E-state index in [4.69, 9.17) is 4.74 Å². The Morgan fingerprint density at radius 3 is 3.00 bits per heavy atom. The third-order valence-corrected chi connectivity index (χ3v) is 4.62. The fourth-order valence-electron chi connectivity index (χ4n) is 2.68. The minimum Gasteiger partial charge on any atom is -0.487 e. The summed E-state index contributed by atoms with van der Waals surface area (Å²) in [6.07, 6.45) is 3.34. The van der Waals surface area contributed by atoms with Crippen molar-refractivity contribution in [1.29, 1.82) is 0 Å². The molecule has 0 aliphatic carbocycles. The van der Waals surface area contributed by atoms with Crippen molar-refractivity contribution in [2.45, 2.75) is 30.7 Å². The molecule has 1 atom stereocenters. The molecule has 124 valence electrons. The maximum absolute atomic E-state index is 5.65. The van der Waals surface area contributed by atoms with E-state index in [9.17, 15) is 0 Å². The Morgan fingerprint density at radius 1 is 1.29 bits per heavy atom. The molecule has 3 aromatic rings. The summed E-state index contributed by atoms with van der Waals surface area (Å²) >= 11 is 2.31. The van der Waals surface area contributed by atoms with Crippen LogP contribution in [-0.2, 0) is 12.8 Å². The second kappa shape index (κ2) is 6.15. The number of alkyl halides is 1. The lowest BCUT2D eigenvalue weighted by molar-refractivity contribution is 0.316. The van der Waals surface area contributed by atoms with Gasteiger partial charge in [0.05, 0.1) is 11.4 Å². The second-order valence-electron chi connectivity index (χ2n) is 5.82. The quantitative estimate of drug-likeness (QED) is 0.386. The molecule has 0 radical (unpaired) electrons. The smallest absolute Gasteiger partial charge is 0.177 e.